The Morgan fingerprint density at radius 2 is 1.80 bits per heavy atom. The van der Waals surface area contributed by atoms with Crippen molar-refractivity contribution in [1.82, 2.24) is 0 Å². The van der Waals surface area contributed by atoms with Gasteiger partial charge in [-0.2, -0.15) is 0 Å². The Morgan fingerprint density at radius 3 is 2.20 bits per heavy atom. The molecule has 0 aliphatic heterocycles. The van der Waals surface area contributed by atoms with Crippen LogP contribution in [0.4, 0.5) is 0 Å². The van der Waals surface area contributed by atoms with Crippen LogP contribution in [0.3, 0.4) is 0 Å². The first-order valence-corrected chi connectivity index (χ1v) is 6.05. The molecular formula is C14H27N. The topological polar surface area (TPSA) is 12.4 Å². The summed E-state index contributed by atoms with van der Waals surface area (Å²) in [6.07, 6.45) is 3.21. The Kier molecular flexibility index (Phi) is 5.85. The van der Waals surface area contributed by atoms with Crippen LogP contribution in [-0.4, -0.2) is 11.8 Å². The molecule has 0 saturated heterocycles. The van der Waals surface area contributed by atoms with Crippen molar-refractivity contribution in [3.8, 4) is 0 Å². The van der Waals surface area contributed by atoms with Crippen LogP contribution in [0.1, 0.15) is 60.8 Å². The maximum Gasteiger partial charge on any atom is 0.0478 e. The second-order valence-corrected chi connectivity index (χ2v) is 5.11. The molecule has 88 valence electrons. The van der Waals surface area contributed by atoms with E-state index in [1.807, 2.05) is 0 Å². The summed E-state index contributed by atoms with van der Waals surface area (Å²) in [6.45, 7) is 17.3. The summed E-state index contributed by atoms with van der Waals surface area (Å²) in [7, 11) is 0. The zero-order valence-corrected chi connectivity index (χ0v) is 11.4. The van der Waals surface area contributed by atoms with Crippen LogP contribution in [0, 0.1) is 5.41 Å². The number of hydrogen-bond acceptors (Lipinski definition) is 1. The highest BCUT2D eigenvalue weighted by atomic mass is 14.8. The van der Waals surface area contributed by atoms with Crippen LogP contribution >= 0.6 is 0 Å². The summed E-state index contributed by atoms with van der Waals surface area (Å²) >= 11 is 0. The van der Waals surface area contributed by atoms with Gasteiger partial charge in [0.25, 0.3) is 0 Å². The van der Waals surface area contributed by atoms with Crippen molar-refractivity contribution < 1.29 is 0 Å². The summed E-state index contributed by atoms with van der Waals surface area (Å²) in [5.41, 5.74) is 2.80. The van der Waals surface area contributed by atoms with Gasteiger partial charge in [0.2, 0.25) is 0 Å². The Labute approximate surface area is 95.7 Å². The predicted octanol–water partition coefficient (Wildman–Crippen LogP) is 4.63. The standard InChI is InChI=1S/C14H27N/c1-8-11(3)14(6,7)10-13(5)15-12(4)9-2/h13H,3,8-10H2,1-2,4-7H3. The molecule has 1 nitrogen and oxygen atoms in total. The van der Waals surface area contributed by atoms with Gasteiger partial charge in [0.15, 0.2) is 0 Å². The zero-order chi connectivity index (χ0) is 12.1. The lowest BCUT2D eigenvalue weighted by Crippen LogP contribution is -2.20. The van der Waals surface area contributed by atoms with Gasteiger partial charge in [0, 0.05) is 11.8 Å². The third-order valence-electron chi connectivity index (χ3n) is 3.14. The van der Waals surface area contributed by atoms with E-state index in [-0.39, 0.29) is 5.41 Å². The Balaban J connectivity index is 4.40. The second-order valence-electron chi connectivity index (χ2n) is 5.11. The molecule has 0 rings (SSSR count). The fraction of sp³-hybridized carbons (Fsp3) is 0.786. The first kappa shape index (κ1) is 14.4. The Bertz CT molecular complexity index is 236. The van der Waals surface area contributed by atoms with E-state index in [1.54, 1.807) is 0 Å². The summed E-state index contributed by atoms with van der Waals surface area (Å²) in [5.74, 6) is 0. The summed E-state index contributed by atoms with van der Waals surface area (Å²) < 4.78 is 0. The minimum absolute atomic E-state index is 0.214. The van der Waals surface area contributed by atoms with E-state index < -0.39 is 0 Å². The Hall–Kier alpha value is -0.590. The van der Waals surface area contributed by atoms with Crippen LogP contribution in [0.25, 0.3) is 0 Å². The fourth-order valence-corrected chi connectivity index (χ4v) is 1.87. The van der Waals surface area contributed by atoms with Gasteiger partial charge < -0.3 is 0 Å². The van der Waals surface area contributed by atoms with Crippen molar-refractivity contribution in [3.05, 3.63) is 12.2 Å². The molecule has 0 heterocycles. The van der Waals surface area contributed by atoms with E-state index >= 15 is 0 Å². The van der Waals surface area contributed by atoms with Gasteiger partial charge in [-0.3, -0.25) is 4.99 Å². The quantitative estimate of drug-likeness (QED) is 0.447. The van der Waals surface area contributed by atoms with Gasteiger partial charge in [-0.05, 0) is 38.5 Å². The maximum atomic E-state index is 4.67. The lowest BCUT2D eigenvalue weighted by atomic mass is 9.78. The second kappa shape index (κ2) is 6.09. The smallest absolute Gasteiger partial charge is 0.0478 e. The van der Waals surface area contributed by atoms with E-state index in [4.69, 9.17) is 0 Å². The number of rotatable bonds is 6. The van der Waals surface area contributed by atoms with Crippen molar-refractivity contribution in [1.29, 1.82) is 0 Å². The van der Waals surface area contributed by atoms with Crippen LogP contribution in [0.15, 0.2) is 17.1 Å². The minimum atomic E-state index is 0.214. The molecule has 1 unspecified atom stereocenters. The lowest BCUT2D eigenvalue weighted by Gasteiger charge is -2.28. The van der Waals surface area contributed by atoms with Crippen LogP contribution in [0.2, 0.25) is 0 Å². The number of nitrogens with zero attached hydrogens (tertiary/aromatic N) is 1. The van der Waals surface area contributed by atoms with Gasteiger partial charge in [-0.15, -0.1) is 0 Å². The largest absolute Gasteiger partial charge is 0.291 e. The average molecular weight is 209 g/mol. The maximum absolute atomic E-state index is 4.67. The highest BCUT2D eigenvalue weighted by Crippen LogP contribution is 2.33. The van der Waals surface area contributed by atoms with E-state index in [1.165, 1.54) is 11.3 Å². The molecule has 0 N–H and O–H groups in total. The zero-order valence-electron chi connectivity index (χ0n) is 11.4. The Morgan fingerprint density at radius 1 is 1.27 bits per heavy atom. The first-order valence-electron chi connectivity index (χ1n) is 6.05. The lowest BCUT2D eigenvalue weighted by molar-refractivity contribution is 0.369. The highest BCUT2D eigenvalue weighted by Gasteiger charge is 2.22. The minimum Gasteiger partial charge on any atom is -0.291 e. The average Bonchev–Trinajstić information content (AvgIpc) is 2.15. The summed E-state index contributed by atoms with van der Waals surface area (Å²) in [6, 6.07) is 0.406. The highest BCUT2D eigenvalue weighted by molar-refractivity contribution is 5.81. The van der Waals surface area contributed by atoms with Gasteiger partial charge in [0.05, 0.1) is 0 Å². The number of hydrogen-bond donors (Lipinski definition) is 0. The molecule has 0 radical (unpaired) electrons. The molecule has 0 amide bonds. The third kappa shape index (κ3) is 5.15. The summed E-state index contributed by atoms with van der Waals surface area (Å²) in [5, 5.41) is 0. The summed E-state index contributed by atoms with van der Waals surface area (Å²) in [4.78, 5) is 4.67. The van der Waals surface area contributed by atoms with Crippen LogP contribution < -0.4 is 0 Å². The van der Waals surface area contributed by atoms with E-state index in [0.29, 0.717) is 6.04 Å². The molecule has 0 aromatic heterocycles. The third-order valence-corrected chi connectivity index (χ3v) is 3.14. The van der Waals surface area contributed by atoms with Crippen molar-refractivity contribution >= 4 is 5.71 Å². The van der Waals surface area contributed by atoms with Gasteiger partial charge in [-0.1, -0.05) is 39.8 Å². The van der Waals surface area contributed by atoms with E-state index in [2.05, 4.69) is 53.1 Å². The molecular weight excluding hydrogens is 182 g/mol. The van der Waals surface area contributed by atoms with Crippen LogP contribution in [0.5, 0.6) is 0 Å². The monoisotopic (exact) mass is 209 g/mol. The van der Waals surface area contributed by atoms with Crippen LogP contribution in [-0.2, 0) is 0 Å². The molecule has 0 aromatic rings. The van der Waals surface area contributed by atoms with Crippen molar-refractivity contribution in [2.24, 2.45) is 10.4 Å². The molecule has 1 heteroatoms. The molecule has 0 aliphatic rings. The molecule has 1 atom stereocenters. The normalized spacial score (nSPS) is 15.2. The van der Waals surface area contributed by atoms with Gasteiger partial charge >= 0.3 is 0 Å². The van der Waals surface area contributed by atoms with Gasteiger partial charge in [-0.25, -0.2) is 0 Å². The first-order chi connectivity index (χ1) is 6.83. The molecule has 0 bridgehead atoms. The molecule has 0 saturated carbocycles. The number of aliphatic imine (C=N–C) groups is 1. The molecule has 15 heavy (non-hydrogen) atoms. The number of allylic oxidation sites excluding steroid dienone is 1. The molecule has 0 fully saturated rings. The van der Waals surface area contributed by atoms with E-state index in [9.17, 15) is 0 Å². The van der Waals surface area contributed by atoms with Crippen molar-refractivity contribution in [2.45, 2.75) is 66.8 Å². The van der Waals surface area contributed by atoms with Crippen molar-refractivity contribution in [3.63, 3.8) is 0 Å². The SMILES string of the molecule is C=C(CC)C(C)(C)CC(C)N=C(C)CC. The molecule has 0 aliphatic carbocycles. The molecule has 0 spiro atoms. The van der Waals surface area contributed by atoms with Gasteiger partial charge in [0.1, 0.15) is 0 Å². The predicted molar refractivity (Wildman–Crippen MR) is 70.7 cm³/mol. The fourth-order valence-electron chi connectivity index (χ4n) is 1.87. The van der Waals surface area contributed by atoms with E-state index in [0.717, 1.165) is 19.3 Å². The molecule has 0 aromatic carbocycles. The van der Waals surface area contributed by atoms with Crippen molar-refractivity contribution in [2.75, 3.05) is 0 Å².